The molecule has 8 heteroatoms. The van der Waals surface area contributed by atoms with Crippen LogP contribution in [0.25, 0.3) is 10.2 Å². The fraction of sp³-hybridized carbons (Fsp3) is 0.0625. The number of aryl methyl sites for hydroxylation is 1. The van der Waals surface area contributed by atoms with Gasteiger partial charge in [0.25, 0.3) is 5.91 Å². The summed E-state index contributed by atoms with van der Waals surface area (Å²) in [7, 11) is 0. The molecule has 0 aliphatic heterocycles. The van der Waals surface area contributed by atoms with E-state index in [4.69, 9.17) is 23.8 Å². The van der Waals surface area contributed by atoms with Gasteiger partial charge in [0, 0.05) is 10.6 Å². The molecule has 0 radical (unpaired) electrons. The fourth-order valence-corrected chi connectivity index (χ4v) is 3.40. The predicted octanol–water partition coefficient (Wildman–Crippen LogP) is 4.52. The quantitative estimate of drug-likeness (QED) is 0.642. The lowest BCUT2D eigenvalue weighted by Crippen LogP contribution is -2.34. The number of thiocarbonyl (C=S) groups is 1. The van der Waals surface area contributed by atoms with Gasteiger partial charge < -0.3 is 5.32 Å². The summed E-state index contributed by atoms with van der Waals surface area (Å²) in [6.45, 7) is 1.92. The maximum atomic E-state index is 13.1. The van der Waals surface area contributed by atoms with E-state index in [0.717, 1.165) is 21.8 Å². The minimum atomic E-state index is -0.494. The van der Waals surface area contributed by atoms with Crippen LogP contribution in [-0.2, 0) is 0 Å². The minimum absolute atomic E-state index is 0.0890. The van der Waals surface area contributed by atoms with Gasteiger partial charge in [0.15, 0.2) is 10.2 Å². The summed E-state index contributed by atoms with van der Waals surface area (Å²) in [6, 6.07) is 9.09. The Labute approximate surface area is 151 Å². The Balaban J connectivity index is 1.72. The third kappa shape index (κ3) is 3.69. The van der Waals surface area contributed by atoms with E-state index in [2.05, 4.69) is 15.6 Å². The van der Waals surface area contributed by atoms with E-state index < -0.39 is 11.7 Å². The second kappa shape index (κ2) is 6.80. The summed E-state index contributed by atoms with van der Waals surface area (Å²) in [5.74, 6) is -0.980. The Hall–Kier alpha value is -2.09. The molecule has 0 saturated heterocycles. The molecule has 122 valence electrons. The van der Waals surface area contributed by atoms with Crippen LogP contribution in [0, 0.1) is 12.7 Å². The maximum Gasteiger partial charge on any atom is 0.257 e. The molecule has 0 aliphatic carbocycles. The first-order chi connectivity index (χ1) is 11.4. The number of nitrogens with one attached hydrogen (secondary N) is 2. The van der Waals surface area contributed by atoms with Crippen LogP contribution in [0.15, 0.2) is 36.4 Å². The number of benzene rings is 2. The number of thiazole rings is 1. The van der Waals surface area contributed by atoms with E-state index in [1.165, 1.54) is 29.5 Å². The summed E-state index contributed by atoms with van der Waals surface area (Å²) < 4.78 is 14.1. The van der Waals surface area contributed by atoms with E-state index in [-0.39, 0.29) is 10.7 Å². The smallest absolute Gasteiger partial charge is 0.257 e. The molecule has 0 unspecified atom stereocenters. The van der Waals surface area contributed by atoms with E-state index in [1.807, 2.05) is 13.0 Å². The SMILES string of the molecule is Cc1cc2sc(NC(=S)NC(=O)c3cccc(F)c3)nc2cc1Cl. The largest absolute Gasteiger partial charge is 0.308 e. The highest BCUT2D eigenvalue weighted by atomic mass is 35.5. The van der Waals surface area contributed by atoms with Crippen molar-refractivity contribution in [3.63, 3.8) is 0 Å². The van der Waals surface area contributed by atoms with Crippen LogP contribution in [0.5, 0.6) is 0 Å². The van der Waals surface area contributed by atoms with Crippen LogP contribution in [-0.4, -0.2) is 16.0 Å². The molecule has 1 amide bonds. The Bertz CT molecular complexity index is 919. The van der Waals surface area contributed by atoms with E-state index in [1.54, 1.807) is 6.07 Å². The van der Waals surface area contributed by atoms with Gasteiger partial charge >= 0.3 is 0 Å². The second-order valence-corrected chi connectivity index (χ2v) is 6.85. The zero-order valence-corrected chi connectivity index (χ0v) is 14.8. The van der Waals surface area contributed by atoms with Crippen molar-refractivity contribution in [1.82, 2.24) is 10.3 Å². The third-order valence-corrected chi connectivity index (χ3v) is 4.75. The molecule has 1 aromatic heterocycles. The first-order valence-corrected chi connectivity index (χ1v) is 8.47. The summed E-state index contributed by atoms with van der Waals surface area (Å²) >= 11 is 12.6. The summed E-state index contributed by atoms with van der Waals surface area (Å²) in [6.07, 6.45) is 0. The van der Waals surface area contributed by atoms with Gasteiger partial charge in [-0.25, -0.2) is 9.37 Å². The molecule has 0 saturated carbocycles. The number of amides is 1. The lowest BCUT2D eigenvalue weighted by molar-refractivity contribution is 0.0977. The summed E-state index contributed by atoms with van der Waals surface area (Å²) in [5.41, 5.74) is 1.89. The fourth-order valence-electron chi connectivity index (χ4n) is 2.04. The topological polar surface area (TPSA) is 54.0 Å². The van der Waals surface area contributed by atoms with Crippen molar-refractivity contribution < 1.29 is 9.18 Å². The van der Waals surface area contributed by atoms with Crippen LogP contribution < -0.4 is 10.6 Å². The molecule has 24 heavy (non-hydrogen) atoms. The monoisotopic (exact) mass is 379 g/mol. The predicted molar refractivity (Wildman–Crippen MR) is 99.5 cm³/mol. The van der Waals surface area contributed by atoms with Crippen molar-refractivity contribution in [3.05, 3.63) is 58.4 Å². The maximum absolute atomic E-state index is 13.1. The number of rotatable bonds is 2. The molecular weight excluding hydrogens is 369 g/mol. The molecule has 3 rings (SSSR count). The number of aromatic nitrogens is 1. The summed E-state index contributed by atoms with van der Waals surface area (Å²) in [5, 5.41) is 6.62. The number of nitrogens with zero attached hydrogens (tertiary/aromatic N) is 1. The molecule has 1 heterocycles. The van der Waals surface area contributed by atoms with Crippen LogP contribution in [0.1, 0.15) is 15.9 Å². The third-order valence-electron chi connectivity index (χ3n) is 3.20. The van der Waals surface area contributed by atoms with Gasteiger partial charge in [-0.05, 0) is 55.0 Å². The Morgan fingerprint density at radius 2 is 2.12 bits per heavy atom. The van der Waals surface area contributed by atoms with Crippen LogP contribution >= 0.6 is 35.2 Å². The van der Waals surface area contributed by atoms with Gasteiger partial charge in [-0.15, -0.1) is 0 Å². The first-order valence-electron chi connectivity index (χ1n) is 6.87. The van der Waals surface area contributed by atoms with Gasteiger partial charge in [-0.1, -0.05) is 29.0 Å². The van der Waals surface area contributed by atoms with Gasteiger partial charge in [-0.2, -0.15) is 0 Å². The normalized spacial score (nSPS) is 10.6. The average Bonchev–Trinajstić information content (AvgIpc) is 2.88. The van der Waals surface area contributed by atoms with Crippen molar-refractivity contribution in [1.29, 1.82) is 0 Å². The standard InChI is InChI=1S/C16H11ClFN3OS2/c1-8-5-13-12(7-11(8)17)19-16(24-13)21-15(23)20-14(22)9-3-2-4-10(18)6-9/h2-7H,1H3,(H2,19,20,21,22,23). The molecule has 0 bridgehead atoms. The average molecular weight is 380 g/mol. The van der Waals surface area contributed by atoms with Gasteiger partial charge in [-0.3, -0.25) is 10.1 Å². The molecule has 4 nitrogen and oxygen atoms in total. The number of fused-ring (bicyclic) bond motifs is 1. The number of hydrogen-bond acceptors (Lipinski definition) is 4. The van der Waals surface area contributed by atoms with Crippen molar-refractivity contribution in [2.24, 2.45) is 0 Å². The molecule has 0 aliphatic rings. The molecule has 2 aromatic carbocycles. The van der Waals surface area contributed by atoms with Crippen LogP contribution in [0.4, 0.5) is 9.52 Å². The molecule has 3 aromatic rings. The molecule has 0 fully saturated rings. The number of halogens is 2. The van der Waals surface area contributed by atoms with Gasteiger partial charge in [0.05, 0.1) is 10.2 Å². The number of carbonyl (C=O) groups is 1. The number of carbonyl (C=O) groups excluding carboxylic acids is 1. The minimum Gasteiger partial charge on any atom is -0.308 e. The number of hydrogen-bond donors (Lipinski definition) is 2. The van der Waals surface area contributed by atoms with Crippen LogP contribution in [0.3, 0.4) is 0 Å². The highest BCUT2D eigenvalue weighted by molar-refractivity contribution is 7.80. The first kappa shape index (κ1) is 16.8. The molecule has 0 spiro atoms. The zero-order chi connectivity index (χ0) is 17.3. The van der Waals surface area contributed by atoms with E-state index >= 15 is 0 Å². The molecule has 0 atom stereocenters. The lowest BCUT2D eigenvalue weighted by Gasteiger charge is -2.07. The molecule has 2 N–H and O–H groups in total. The Morgan fingerprint density at radius 3 is 2.88 bits per heavy atom. The Morgan fingerprint density at radius 1 is 1.33 bits per heavy atom. The summed E-state index contributed by atoms with van der Waals surface area (Å²) in [4.78, 5) is 16.4. The number of anilines is 1. The van der Waals surface area contributed by atoms with Crippen molar-refractivity contribution >= 4 is 61.5 Å². The van der Waals surface area contributed by atoms with Gasteiger partial charge in [0.2, 0.25) is 0 Å². The van der Waals surface area contributed by atoms with Crippen LogP contribution in [0.2, 0.25) is 5.02 Å². The lowest BCUT2D eigenvalue weighted by atomic mass is 10.2. The van der Waals surface area contributed by atoms with Crippen molar-refractivity contribution in [2.75, 3.05) is 5.32 Å². The van der Waals surface area contributed by atoms with Gasteiger partial charge in [0.1, 0.15) is 5.82 Å². The Kier molecular flexibility index (Phi) is 4.75. The highest BCUT2D eigenvalue weighted by Gasteiger charge is 2.11. The van der Waals surface area contributed by atoms with E-state index in [0.29, 0.717) is 10.2 Å². The second-order valence-electron chi connectivity index (χ2n) is 5.01. The van der Waals surface area contributed by atoms with Crippen molar-refractivity contribution in [3.8, 4) is 0 Å². The van der Waals surface area contributed by atoms with Crippen molar-refractivity contribution in [2.45, 2.75) is 6.92 Å². The highest BCUT2D eigenvalue weighted by Crippen LogP contribution is 2.30. The zero-order valence-electron chi connectivity index (χ0n) is 12.4. The molecular formula is C16H11ClFN3OS2. The van der Waals surface area contributed by atoms with E-state index in [9.17, 15) is 9.18 Å².